The van der Waals surface area contributed by atoms with Crippen LogP contribution in [0.15, 0.2) is 48.5 Å². The minimum absolute atomic E-state index is 0.106. The van der Waals surface area contributed by atoms with E-state index in [-0.39, 0.29) is 24.3 Å². The summed E-state index contributed by atoms with van der Waals surface area (Å²) in [7, 11) is 0. The van der Waals surface area contributed by atoms with Gasteiger partial charge < -0.3 is 10.6 Å². The maximum Gasteiger partial charge on any atom is 0.262 e. The van der Waals surface area contributed by atoms with Crippen LogP contribution < -0.4 is 16.0 Å². The molecule has 0 aliphatic carbocycles. The quantitative estimate of drug-likeness (QED) is 0.610. The van der Waals surface area contributed by atoms with Crippen molar-refractivity contribution in [3.63, 3.8) is 0 Å². The zero-order valence-electron chi connectivity index (χ0n) is 17.5. The molecule has 8 nitrogen and oxygen atoms in total. The minimum atomic E-state index is -0.951. The molecule has 0 bridgehead atoms. The van der Waals surface area contributed by atoms with Crippen LogP contribution in [0.25, 0.3) is 0 Å². The number of hydrogen-bond donors (Lipinski definition) is 3. The Morgan fingerprint density at radius 2 is 1.78 bits per heavy atom. The van der Waals surface area contributed by atoms with Gasteiger partial charge in [0.2, 0.25) is 11.8 Å². The number of hydrogen-bond acceptors (Lipinski definition) is 6. The largest absolute Gasteiger partial charge is 0.314 e. The maximum absolute atomic E-state index is 13.0. The molecule has 2 unspecified atom stereocenters. The van der Waals surface area contributed by atoms with Gasteiger partial charge in [-0.3, -0.25) is 29.4 Å². The summed E-state index contributed by atoms with van der Waals surface area (Å²) in [4.78, 5) is 50.6. The maximum atomic E-state index is 13.0. The number of rotatable bonds is 5. The topological polar surface area (TPSA) is 108 Å². The fourth-order valence-corrected chi connectivity index (χ4v) is 4.85. The first-order valence-electron chi connectivity index (χ1n) is 10.8. The van der Waals surface area contributed by atoms with E-state index in [1.165, 1.54) is 5.56 Å². The van der Waals surface area contributed by atoms with Crippen molar-refractivity contribution in [3.05, 3.63) is 70.8 Å². The van der Waals surface area contributed by atoms with Gasteiger partial charge in [-0.25, -0.2) is 0 Å². The summed E-state index contributed by atoms with van der Waals surface area (Å²) in [6, 6.07) is 14.6. The molecule has 5 rings (SSSR count). The smallest absolute Gasteiger partial charge is 0.262 e. The van der Waals surface area contributed by atoms with Crippen molar-refractivity contribution in [2.75, 3.05) is 13.1 Å². The molecule has 32 heavy (non-hydrogen) atoms. The molecule has 0 saturated carbocycles. The first kappa shape index (κ1) is 20.5. The van der Waals surface area contributed by atoms with Crippen LogP contribution in [0.5, 0.6) is 0 Å². The highest BCUT2D eigenvalue weighted by Gasteiger charge is 2.44. The second-order valence-electron chi connectivity index (χ2n) is 8.56. The molecule has 0 spiro atoms. The van der Waals surface area contributed by atoms with Crippen LogP contribution in [-0.2, 0) is 21.7 Å². The Hall–Kier alpha value is -3.36. The van der Waals surface area contributed by atoms with E-state index in [4.69, 9.17) is 0 Å². The second-order valence-corrected chi connectivity index (χ2v) is 8.56. The van der Waals surface area contributed by atoms with Crippen LogP contribution in [-0.4, -0.2) is 47.7 Å². The van der Waals surface area contributed by atoms with Crippen LogP contribution in [0.3, 0.4) is 0 Å². The van der Waals surface area contributed by atoms with Gasteiger partial charge in [0.15, 0.2) is 0 Å². The molecule has 3 N–H and O–H groups in total. The summed E-state index contributed by atoms with van der Waals surface area (Å²) >= 11 is 0. The number of nitrogens with one attached hydrogen (secondary N) is 3. The van der Waals surface area contributed by atoms with Gasteiger partial charge in [-0.05, 0) is 42.6 Å². The van der Waals surface area contributed by atoms with Gasteiger partial charge in [-0.1, -0.05) is 36.4 Å². The zero-order chi connectivity index (χ0) is 22.3. The SMILES string of the molecule is O=C1CCC(N2C(=O)c3ccc(CNC4(c5ccccc5)CCNC4)cc3C2=O)C(=O)N1. The summed E-state index contributed by atoms with van der Waals surface area (Å²) in [5.74, 6) is -1.96. The van der Waals surface area contributed by atoms with Crippen molar-refractivity contribution >= 4 is 23.6 Å². The Morgan fingerprint density at radius 1 is 1.00 bits per heavy atom. The Bertz CT molecular complexity index is 1110. The number of carbonyl (C=O) groups excluding carboxylic acids is 4. The van der Waals surface area contributed by atoms with E-state index in [9.17, 15) is 19.2 Å². The van der Waals surface area contributed by atoms with Crippen molar-refractivity contribution in [1.82, 2.24) is 20.9 Å². The fourth-order valence-electron chi connectivity index (χ4n) is 4.85. The number of carbonyl (C=O) groups is 4. The van der Waals surface area contributed by atoms with Crippen molar-refractivity contribution in [2.45, 2.75) is 37.4 Å². The summed E-state index contributed by atoms with van der Waals surface area (Å²) in [6.07, 6.45) is 1.20. The summed E-state index contributed by atoms with van der Waals surface area (Å²) < 4.78 is 0. The molecule has 0 radical (unpaired) electrons. The highest BCUT2D eigenvalue weighted by Crippen LogP contribution is 2.30. The normalized spacial score (nSPS) is 25.2. The lowest BCUT2D eigenvalue weighted by atomic mass is 9.88. The molecular formula is C24H24N4O4. The summed E-state index contributed by atoms with van der Waals surface area (Å²) in [6.45, 7) is 2.26. The van der Waals surface area contributed by atoms with Crippen LogP contribution in [0.2, 0.25) is 0 Å². The predicted octanol–water partition coefficient (Wildman–Crippen LogP) is 1.07. The van der Waals surface area contributed by atoms with Crippen molar-refractivity contribution in [3.8, 4) is 0 Å². The monoisotopic (exact) mass is 432 g/mol. The van der Waals surface area contributed by atoms with E-state index in [1.54, 1.807) is 12.1 Å². The van der Waals surface area contributed by atoms with Gasteiger partial charge in [0.1, 0.15) is 6.04 Å². The van der Waals surface area contributed by atoms with E-state index in [0.717, 1.165) is 30.0 Å². The number of nitrogens with zero attached hydrogens (tertiary/aromatic N) is 1. The standard InChI is InChI=1S/C24H24N4O4/c29-20-9-8-19(21(30)27-20)28-22(31)17-7-6-15(12-18(17)23(28)32)13-26-24(10-11-25-14-24)16-4-2-1-3-5-16/h1-7,12,19,25-26H,8-11,13-14H2,(H,27,29,30). The predicted molar refractivity (Wildman–Crippen MR) is 116 cm³/mol. The Balaban J connectivity index is 1.36. The first-order chi connectivity index (χ1) is 15.5. The number of amides is 4. The molecule has 2 fully saturated rings. The fraction of sp³-hybridized carbons (Fsp3) is 0.333. The lowest BCUT2D eigenvalue weighted by Gasteiger charge is -2.30. The molecule has 8 heteroatoms. The lowest BCUT2D eigenvalue weighted by Crippen LogP contribution is -2.54. The average Bonchev–Trinajstić information content (AvgIpc) is 3.38. The van der Waals surface area contributed by atoms with Gasteiger partial charge in [-0.2, -0.15) is 0 Å². The molecule has 3 aliphatic rings. The molecule has 2 saturated heterocycles. The molecule has 3 heterocycles. The number of piperidine rings is 1. The third-order valence-corrected chi connectivity index (χ3v) is 6.62. The van der Waals surface area contributed by atoms with Gasteiger partial charge in [-0.15, -0.1) is 0 Å². The van der Waals surface area contributed by atoms with Crippen LogP contribution in [0.1, 0.15) is 51.1 Å². The van der Waals surface area contributed by atoms with Crippen LogP contribution >= 0.6 is 0 Å². The average molecular weight is 432 g/mol. The number of imide groups is 2. The summed E-state index contributed by atoms with van der Waals surface area (Å²) in [5, 5.41) is 9.30. The lowest BCUT2D eigenvalue weighted by molar-refractivity contribution is -0.136. The van der Waals surface area contributed by atoms with E-state index in [1.807, 2.05) is 24.3 Å². The molecule has 0 aromatic heterocycles. The van der Waals surface area contributed by atoms with Crippen LogP contribution in [0.4, 0.5) is 0 Å². The van der Waals surface area contributed by atoms with Crippen molar-refractivity contribution in [2.24, 2.45) is 0 Å². The van der Waals surface area contributed by atoms with Crippen molar-refractivity contribution in [1.29, 1.82) is 0 Å². The van der Waals surface area contributed by atoms with Gasteiger partial charge >= 0.3 is 0 Å². The molecule has 164 valence electrons. The van der Waals surface area contributed by atoms with Crippen molar-refractivity contribution < 1.29 is 19.2 Å². The van der Waals surface area contributed by atoms with Gasteiger partial charge in [0.05, 0.1) is 16.7 Å². The first-order valence-corrected chi connectivity index (χ1v) is 10.8. The molecule has 3 aliphatic heterocycles. The van der Waals surface area contributed by atoms with Gasteiger partial charge in [0, 0.05) is 19.5 Å². The molecule has 4 amide bonds. The Morgan fingerprint density at radius 3 is 2.50 bits per heavy atom. The Labute approximate surface area is 185 Å². The number of fused-ring (bicyclic) bond motifs is 1. The second kappa shape index (κ2) is 7.96. The highest BCUT2D eigenvalue weighted by molar-refractivity contribution is 6.23. The van der Waals surface area contributed by atoms with Crippen LogP contribution in [0, 0.1) is 0 Å². The summed E-state index contributed by atoms with van der Waals surface area (Å²) in [5.41, 5.74) is 2.50. The van der Waals surface area contributed by atoms with E-state index in [0.29, 0.717) is 17.7 Å². The molecular weight excluding hydrogens is 408 g/mol. The molecule has 2 aromatic carbocycles. The molecule has 2 aromatic rings. The third-order valence-electron chi connectivity index (χ3n) is 6.62. The molecule has 2 atom stereocenters. The van der Waals surface area contributed by atoms with Gasteiger partial charge in [0.25, 0.3) is 11.8 Å². The van der Waals surface area contributed by atoms with E-state index < -0.39 is 23.8 Å². The van der Waals surface area contributed by atoms with E-state index in [2.05, 4.69) is 28.1 Å². The highest BCUT2D eigenvalue weighted by atomic mass is 16.2. The number of benzene rings is 2. The van der Waals surface area contributed by atoms with E-state index >= 15 is 0 Å². The Kier molecular flexibility index (Phi) is 5.11. The third kappa shape index (κ3) is 3.41. The minimum Gasteiger partial charge on any atom is -0.314 e. The zero-order valence-corrected chi connectivity index (χ0v) is 17.5.